The van der Waals surface area contributed by atoms with Crippen LogP contribution in [0.25, 0.3) is 22.2 Å². The Balaban J connectivity index is 1.54. The number of anilines is 2. The Labute approximate surface area is 293 Å². The molecule has 5 aromatic rings. The maximum absolute atomic E-state index is 14.4. The van der Waals surface area contributed by atoms with Crippen molar-refractivity contribution in [3.63, 3.8) is 0 Å². The predicted molar refractivity (Wildman–Crippen MR) is 200 cm³/mol. The van der Waals surface area contributed by atoms with E-state index >= 15 is 0 Å². The van der Waals surface area contributed by atoms with Crippen LogP contribution in [0.2, 0.25) is 0 Å². The number of ether oxygens (including phenoxy) is 1. The molecule has 3 aromatic heterocycles. The fourth-order valence-electron chi connectivity index (χ4n) is 6.09. The summed E-state index contributed by atoms with van der Waals surface area (Å²) in [6.45, 7) is 11.0. The lowest BCUT2D eigenvalue weighted by molar-refractivity contribution is -0.118. The van der Waals surface area contributed by atoms with Crippen molar-refractivity contribution in [1.82, 2.24) is 19.9 Å². The molecule has 0 unspecified atom stereocenters. The number of carbonyl (C=O) groups is 2. The molecule has 0 aliphatic heterocycles. The predicted octanol–water partition coefficient (Wildman–Crippen LogP) is 7.89. The van der Waals surface area contributed by atoms with Crippen molar-refractivity contribution in [3.05, 3.63) is 112 Å². The van der Waals surface area contributed by atoms with Gasteiger partial charge in [-0.1, -0.05) is 64.1 Å². The topological polar surface area (TPSA) is 127 Å². The first-order valence-corrected chi connectivity index (χ1v) is 17.2. The van der Waals surface area contributed by atoms with Gasteiger partial charge in [-0.05, 0) is 84.2 Å². The second-order valence-corrected chi connectivity index (χ2v) is 12.9. The Morgan fingerprint density at radius 2 is 1.54 bits per heavy atom. The third kappa shape index (κ3) is 8.74. The Bertz CT molecular complexity index is 1980. The molecule has 0 aliphatic carbocycles. The summed E-state index contributed by atoms with van der Waals surface area (Å²) >= 11 is 0. The van der Waals surface area contributed by atoms with Gasteiger partial charge in [-0.2, -0.15) is 0 Å². The van der Waals surface area contributed by atoms with Crippen molar-refractivity contribution >= 4 is 34.3 Å². The van der Waals surface area contributed by atoms with Crippen molar-refractivity contribution in [1.29, 1.82) is 0 Å². The largest absolute Gasteiger partial charge is 0.494 e. The van der Waals surface area contributed by atoms with Gasteiger partial charge >= 0.3 is 6.03 Å². The van der Waals surface area contributed by atoms with Gasteiger partial charge in [0.25, 0.3) is 5.56 Å². The number of amides is 3. The van der Waals surface area contributed by atoms with Crippen LogP contribution in [0.3, 0.4) is 0 Å². The Morgan fingerprint density at radius 3 is 2.24 bits per heavy atom. The van der Waals surface area contributed by atoms with Gasteiger partial charge < -0.3 is 20.7 Å². The summed E-state index contributed by atoms with van der Waals surface area (Å²) in [5.74, 6) is 0.830. The van der Waals surface area contributed by atoms with E-state index in [2.05, 4.69) is 53.6 Å². The van der Waals surface area contributed by atoms with E-state index in [0.717, 1.165) is 35.3 Å². The number of aryl methyl sites for hydroxylation is 2. The second-order valence-electron chi connectivity index (χ2n) is 12.9. The molecule has 50 heavy (non-hydrogen) atoms. The molecule has 0 bridgehead atoms. The third-order valence-electron chi connectivity index (χ3n) is 8.50. The van der Waals surface area contributed by atoms with E-state index in [-0.39, 0.29) is 30.0 Å². The number of para-hydroxylation sites is 1. The maximum Gasteiger partial charge on any atom is 0.323 e. The quantitative estimate of drug-likeness (QED) is 0.103. The fraction of sp³-hybridized carbons (Fsp3) is 0.325. The molecule has 5 rings (SSSR count). The van der Waals surface area contributed by atoms with Crippen molar-refractivity contribution < 1.29 is 14.3 Å². The average molecular weight is 675 g/mol. The zero-order chi connectivity index (χ0) is 35.6. The molecule has 260 valence electrons. The van der Waals surface area contributed by atoms with Crippen LogP contribution in [0, 0.1) is 0 Å². The lowest BCUT2D eigenvalue weighted by Crippen LogP contribution is -2.31. The van der Waals surface area contributed by atoms with Crippen LogP contribution >= 0.6 is 0 Å². The van der Waals surface area contributed by atoms with Crippen LogP contribution in [-0.2, 0) is 17.8 Å². The minimum atomic E-state index is -0.520. The average Bonchev–Trinajstić information content (AvgIpc) is 3.10. The number of fused-ring (bicyclic) bond motifs is 1. The molecule has 0 spiro atoms. The minimum absolute atomic E-state index is 0.128. The van der Waals surface area contributed by atoms with Gasteiger partial charge in [0.15, 0.2) is 0 Å². The number of nitrogens with one attached hydrogen (secondary N) is 3. The first kappa shape index (κ1) is 35.8. The molecule has 0 radical (unpaired) electrons. The summed E-state index contributed by atoms with van der Waals surface area (Å²) in [6.07, 6.45) is 5.50. The summed E-state index contributed by atoms with van der Waals surface area (Å²) in [7, 11) is 0. The van der Waals surface area contributed by atoms with Gasteiger partial charge in [0.2, 0.25) is 5.91 Å². The number of pyridine rings is 3. The molecule has 0 saturated heterocycles. The van der Waals surface area contributed by atoms with E-state index in [4.69, 9.17) is 4.74 Å². The number of benzene rings is 2. The highest BCUT2D eigenvalue weighted by Crippen LogP contribution is 2.36. The van der Waals surface area contributed by atoms with E-state index < -0.39 is 11.6 Å². The summed E-state index contributed by atoms with van der Waals surface area (Å²) in [4.78, 5) is 48.9. The molecule has 10 nitrogen and oxygen atoms in total. The summed E-state index contributed by atoms with van der Waals surface area (Å²) in [5.41, 5.74) is 5.24. The van der Waals surface area contributed by atoms with Gasteiger partial charge in [0.1, 0.15) is 17.1 Å². The standard InChI is InChI=1S/C40H46N6O4/c1-26(2)32-17-9-18-33(27(3)4)36(32)44-40(49)45-37-35(29-13-8-16-31(25-29)50-24-11-15-30-14-6-7-20-42-30)34-19-10-21-43-38(34)46(39(37)48)23-12-22-41-28(5)47/h6-10,13-14,16-21,25-27H,11-12,15,22-24H2,1-5H3,(H,41,47)(H2,44,45,49). The number of nitrogens with zero attached hydrogens (tertiary/aromatic N) is 3. The molecule has 0 atom stereocenters. The molecule has 0 aliphatic rings. The first-order chi connectivity index (χ1) is 24.1. The molecular weight excluding hydrogens is 628 g/mol. The number of hydrogen-bond acceptors (Lipinski definition) is 6. The molecule has 10 heteroatoms. The monoisotopic (exact) mass is 674 g/mol. The maximum atomic E-state index is 14.4. The van der Waals surface area contributed by atoms with E-state index in [1.165, 1.54) is 6.92 Å². The zero-order valence-corrected chi connectivity index (χ0v) is 29.5. The summed E-state index contributed by atoms with van der Waals surface area (Å²) in [5, 5.41) is 9.54. The minimum Gasteiger partial charge on any atom is -0.494 e. The van der Waals surface area contributed by atoms with Crippen LogP contribution in [0.1, 0.15) is 76.1 Å². The van der Waals surface area contributed by atoms with Crippen molar-refractivity contribution in [2.45, 2.75) is 72.3 Å². The van der Waals surface area contributed by atoms with Crippen molar-refractivity contribution in [3.8, 4) is 16.9 Å². The normalized spacial score (nSPS) is 11.2. The molecule has 2 aromatic carbocycles. The Morgan fingerprint density at radius 1 is 0.820 bits per heavy atom. The SMILES string of the molecule is CC(=O)NCCCn1c(=O)c(NC(=O)Nc2c(C(C)C)cccc2C(C)C)c(-c2cccc(OCCCc3ccccn3)c2)c2cccnc21. The lowest BCUT2D eigenvalue weighted by atomic mass is 9.93. The summed E-state index contributed by atoms with van der Waals surface area (Å²) < 4.78 is 7.72. The van der Waals surface area contributed by atoms with Gasteiger partial charge in [-0.25, -0.2) is 9.78 Å². The van der Waals surface area contributed by atoms with E-state index in [1.54, 1.807) is 17.0 Å². The Kier molecular flexibility index (Phi) is 12.0. The molecular formula is C40H46N6O4. The highest BCUT2D eigenvalue weighted by atomic mass is 16.5. The van der Waals surface area contributed by atoms with E-state index in [0.29, 0.717) is 47.5 Å². The number of aromatic nitrogens is 3. The van der Waals surface area contributed by atoms with Gasteiger partial charge in [0, 0.05) is 54.7 Å². The molecule has 3 amide bonds. The lowest BCUT2D eigenvalue weighted by Gasteiger charge is -2.22. The van der Waals surface area contributed by atoms with Crippen molar-refractivity contribution in [2.24, 2.45) is 0 Å². The van der Waals surface area contributed by atoms with Crippen LogP contribution < -0.4 is 26.2 Å². The Hall–Kier alpha value is -5.51. The highest BCUT2D eigenvalue weighted by Gasteiger charge is 2.23. The first-order valence-electron chi connectivity index (χ1n) is 17.2. The third-order valence-corrected chi connectivity index (χ3v) is 8.50. The van der Waals surface area contributed by atoms with Gasteiger partial charge in [-0.15, -0.1) is 0 Å². The number of hydrogen-bond donors (Lipinski definition) is 3. The van der Waals surface area contributed by atoms with Crippen molar-refractivity contribution in [2.75, 3.05) is 23.8 Å². The fourth-order valence-corrected chi connectivity index (χ4v) is 6.09. The molecule has 3 N–H and O–H groups in total. The van der Waals surface area contributed by atoms with Gasteiger partial charge in [0.05, 0.1) is 6.61 Å². The summed E-state index contributed by atoms with van der Waals surface area (Å²) in [6, 6.07) is 22.6. The number of carbonyl (C=O) groups excluding carboxylic acids is 2. The van der Waals surface area contributed by atoms with Crippen LogP contribution in [-0.4, -0.2) is 39.6 Å². The van der Waals surface area contributed by atoms with E-state index in [1.807, 2.05) is 72.8 Å². The number of rotatable bonds is 14. The second kappa shape index (κ2) is 16.7. The number of urea groups is 1. The van der Waals surface area contributed by atoms with Crippen LogP contribution in [0.4, 0.5) is 16.2 Å². The van der Waals surface area contributed by atoms with E-state index in [9.17, 15) is 14.4 Å². The molecule has 3 heterocycles. The molecule has 0 fully saturated rings. The smallest absolute Gasteiger partial charge is 0.323 e. The molecule has 0 saturated carbocycles. The van der Waals surface area contributed by atoms with Gasteiger partial charge in [-0.3, -0.25) is 19.1 Å². The highest BCUT2D eigenvalue weighted by molar-refractivity contribution is 6.07. The zero-order valence-electron chi connectivity index (χ0n) is 29.5. The van der Waals surface area contributed by atoms with Crippen LogP contribution in [0.15, 0.2) is 90.0 Å². The van der Waals surface area contributed by atoms with Crippen LogP contribution in [0.5, 0.6) is 5.75 Å².